The molecule has 0 saturated heterocycles. The quantitative estimate of drug-likeness (QED) is 0.0424. The maximum Gasteiger partial charge on any atom is 0.306 e. The third-order valence-electron chi connectivity index (χ3n) is 11.4. The number of rotatable bonds is 44. The van der Waals surface area contributed by atoms with Crippen LogP contribution >= 0.6 is 0 Å². The van der Waals surface area contributed by atoms with Gasteiger partial charge in [0.15, 0.2) is 0 Å². The van der Waals surface area contributed by atoms with E-state index in [1.54, 1.807) is 0 Å². The molecule has 0 aromatic rings. The fourth-order valence-electron chi connectivity index (χ4n) is 7.73. The van der Waals surface area contributed by atoms with Gasteiger partial charge < -0.3 is 20.3 Å². The van der Waals surface area contributed by atoms with Crippen molar-refractivity contribution < 1.29 is 24.5 Å². The van der Waals surface area contributed by atoms with Crippen LogP contribution in [-0.4, -0.2) is 46.9 Å². The molecule has 3 atom stereocenters. The van der Waals surface area contributed by atoms with Crippen LogP contribution in [-0.2, 0) is 14.3 Å². The predicted molar refractivity (Wildman–Crippen MR) is 232 cm³/mol. The van der Waals surface area contributed by atoms with Crippen molar-refractivity contribution in [1.82, 2.24) is 5.32 Å². The molecule has 0 rings (SSSR count). The number of carbonyl (C=O) groups is 2. The number of unbranched alkanes of at least 4 members (excludes halogenated alkanes) is 32. The Morgan fingerprint density at radius 3 is 1.13 bits per heavy atom. The molecule has 6 nitrogen and oxygen atoms in total. The van der Waals surface area contributed by atoms with E-state index in [0.29, 0.717) is 19.3 Å². The Bertz CT molecular complexity index is 776. The number of hydrogen-bond donors (Lipinski definition) is 3. The van der Waals surface area contributed by atoms with Gasteiger partial charge in [-0.05, 0) is 25.7 Å². The van der Waals surface area contributed by atoms with Crippen molar-refractivity contribution in [3.63, 3.8) is 0 Å². The molecule has 0 heterocycles. The van der Waals surface area contributed by atoms with E-state index in [-0.39, 0.29) is 24.9 Å². The summed E-state index contributed by atoms with van der Waals surface area (Å²) in [6.45, 7) is 6.48. The summed E-state index contributed by atoms with van der Waals surface area (Å²) >= 11 is 0. The molecule has 0 spiro atoms. The number of aliphatic hydroxyl groups excluding tert-OH is 2. The molecule has 322 valence electrons. The van der Waals surface area contributed by atoms with E-state index in [1.807, 2.05) is 0 Å². The second kappa shape index (κ2) is 43.0. The molecule has 3 unspecified atom stereocenters. The van der Waals surface area contributed by atoms with Crippen molar-refractivity contribution in [2.45, 2.75) is 289 Å². The zero-order valence-corrected chi connectivity index (χ0v) is 36.6. The van der Waals surface area contributed by atoms with Crippen LogP contribution in [0.15, 0.2) is 0 Å². The summed E-state index contributed by atoms with van der Waals surface area (Å²) in [6.07, 6.45) is 44.5. The van der Waals surface area contributed by atoms with E-state index >= 15 is 0 Å². The Hall–Kier alpha value is -1.14. The first-order valence-corrected chi connectivity index (χ1v) is 24.3. The van der Waals surface area contributed by atoms with E-state index in [9.17, 15) is 19.8 Å². The lowest BCUT2D eigenvalue weighted by atomic mass is 10.0. The summed E-state index contributed by atoms with van der Waals surface area (Å²) < 4.78 is 5.92. The van der Waals surface area contributed by atoms with Crippen LogP contribution in [0.1, 0.15) is 271 Å². The van der Waals surface area contributed by atoms with Crippen molar-refractivity contribution in [3.8, 4) is 0 Å². The SMILES string of the molecule is CCCCCCCCCCCCCCCCC(=O)OC(CCCCCCCCCCCCCC)CC(=O)NC(CO)C(O)CCCCCCCCCCC. The molecule has 0 aromatic heterocycles. The second-order valence-electron chi connectivity index (χ2n) is 16.9. The van der Waals surface area contributed by atoms with E-state index < -0.39 is 18.2 Å². The second-order valence-corrected chi connectivity index (χ2v) is 16.9. The highest BCUT2D eigenvalue weighted by Crippen LogP contribution is 2.18. The average molecular weight is 766 g/mol. The Kier molecular flexibility index (Phi) is 42.1. The van der Waals surface area contributed by atoms with E-state index in [4.69, 9.17) is 4.74 Å². The molecule has 0 aliphatic rings. The van der Waals surface area contributed by atoms with Crippen LogP contribution in [0.3, 0.4) is 0 Å². The smallest absolute Gasteiger partial charge is 0.306 e. The summed E-state index contributed by atoms with van der Waals surface area (Å²) in [5, 5.41) is 23.6. The van der Waals surface area contributed by atoms with Crippen molar-refractivity contribution in [1.29, 1.82) is 0 Å². The van der Waals surface area contributed by atoms with E-state index in [0.717, 1.165) is 38.5 Å². The van der Waals surface area contributed by atoms with Gasteiger partial charge in [-0.2, -0.15) is 0 Å². The molecule has 0 fully saturated rings. The highest BCUT2D eigenvalue weighted by molar-refractivity contribution is 5.77. The van der Waals surface area contributed by atoms with Crippen molar-refractivity contribution in [2.75, 3.05) is 6.61 Å². The molecule has 1 amide bonds. The zero-order valence-electron chi connectivity index (χ0n) is 36.6. The van der Waals surface area contributed by atoms with Crippen LogP contribution in [0, 0.1) is 0 Å². The van der Waals surface area contributed by atoms with Gasteiger partial charge in [-0.3, -0.25) is 9.59 Å². The lowest BCUT2D eigenvalue weighted by Gasteiger charge is -2.24. The number of hydrogen-bond acceptors (Lipinski definition) is 5. The Morgan fingerprint density at radius 1 is 0.463 bits per heavy atom. The lowest BCUT2D eigenvalue weighted by Crippen LogP contribution is -2.46. The van der Waals surface area contributed by atoms with Gasteiger partial charge in [-0.25, -0.2) is 0 Å². The monoisotopic (exact) mass is 766 g/mol. The number of ether oxygens (including phenoxy) is 1. The standard InChI is InChI=1S/C48H95NO5/c1-4-7-10-13-16-19-21-23-24-26-29-32-35-38-41-48(53)54-44(39-36-33-30-28-25-22-20-17-14-11-8-5-2)42-47(52)49-45(43-50)46(51)40-37-34-31-27-18-15-12-9-6-3/h44-46,50-51H,4-43H2,1-3H3,(H,49,52). The zero-order chi connectivity index (χ0) is 39.6. The number of nitrogens with one attached hydrogen (secondary N) is 1. The molecular weight excluding hydrogens is 671 g/mol. The van der Waals surface area contributed by atoms with Gasteiger partial charge >= 0.3 is 5.97 Å². The summed E-state index contributed by atoms with van der Waals surface area (Å²) in [7, 11) is 0. The van der Waals surface area contributed by atoms with Gasteiger partial charge in [0, 0.05) is 6.42 Å². The Morgan fingerprint density at radius 2 is 0.778 bits per heavy atom. The predicted octanol–water partition coefficient (Wildman–Crippen LogP) is 14.0. The Balaban J connectivity index is 4.52. The largest absolute Gasteiger partial charge is 0.462 e. The van der Waals surface area contributed by atoms with Crippen LogP contribution in [0.5, 0.6) is 0 Å². The molecule has 0 aliphatic carbocycles. The Labute approximate surface area is 336 Å². The van der Waals surface area contributed by atoms with Crippen LogP contribution in [0.2, 0.25) is 0 Å². The maximum atomic E-state index is 13.1. The first kappa shape index (κ1) is 52.9. The van der Waals surface area contributed by atoms with Gasteiger partial charge in [-0.15, -0.1) is 0 Å². The normalized spacial score (nSPS) is 13.2. The number of amides is 1. The molecule has 0 radical (unpaired) electrons. The summed E-state index contributed by atoms with van der Waals surface area (Å²) in [6, 6.07) is -0.690. The number of aliphatic hydroxyl groups is 2. The maximum absolute atomic E-state index is 13.1. The van der Waals surface area contributed by atoms with Gasteiger partial charge in [0.05, 0.1) is 25.2 Å². The molecular formula is C48H95NO5. The third kappa shape index (κ3) is 37.8. The summed E-state index contributed by atoms with van der Waals surface area (Å²) in [5.41, 5.74) is 0. The van der Waals surface area contributed by atoms with Gasteiger partial charge in [0.1, 0.15) is 6.10 Å². The molecule has 0 aliphatic heterocycles. The summed E-state index contributed by atoms with van der Waals surface area (Å²) in [5.74, 6) is -0.455. The van der Waals surface area contributed by atoms with Gasteiger partial charge in [0.2, 0.25) is 5.91 Å². The van der Waals surface area contributed by atoms with Crippen LogP contribution in [0.25, 0.3) is 0 Å². The number of esters is 1. The van der Waals surface area contributed by atoms with Gasteiger partial charge in [-0.1, -0.05) is 233 Å². The molecule has 0 saturated carbocycles. The average Bonchev–Trinajstić information content (AvgIpc) is 3.16. The van der Waals surface area contributed by atoms with Crippen LogP contribution in [0.4, 0.5) is 0 Å². The molecule has 0 bridgehead atoms. The number of carbonyl (C=O) groups excluding carboxylic acids is 2. The molecule has 54 heavy (non-hydrogen) atoms. The highest BCUT2D eigenvalue weighted by Gasteiger charge is 2.24. The third-order valence-corrected chi connectivity index (χ3v) is 11.4. The first-order valence-electron chi connectivity index (χ1n) is 24.3. The lowest BCUT2D eigenvalue weighted by molar-refractivity contribution is -0.151. The minimum Gasteiger partial charge on any atom is -0.462 e. The molecule has 6 heteroatoms. The fraction of sp³-hybridized carbons (Fsp3) is 0.958. The summed E-state index contributed by atoms with van der Waals surface area (Å²) in [4.78, 5) is 26.0. The topological polar surface area (TPSA) is 95.9 Å². The molecule has 3 N–H and O–H groups in total. The van der Waals surface area contributed by atoms with Crippen molar-refractivity contribution in [3.05, 3.63) is 0 Å². The van der Waals surface area contributed by atoms with Crippen molar-refractivity contribution in [2.24, 2.45) is 0 Å². The first-order chi connectivity index (χ1) is 26.5. The van der Waals surface area contributed by atoms with Gasteiger partial charge in [0.25, 0.3) is 0 Å². The van der Waals surface area contributed by atoms with Crippen molar-refractivity contribution >= 4 is 11.9 Å². The minimum absolute atomic E-state index is 0.0871. The highest BCUT2D eigenvalue weighted by atomic mass is 16.5. The van der Waals surface area contributed by atoms with Crippen LogP contribution < -0.4 is 5.32 Å². The van der Waals surface area contributed by atoms with E-state index in [2.05, 4.69) is 26.1 Å². The fourth-order valence-corrected chi connectivity index (χ4v) is 7.73. The minimum atomic E-state index is -0.777. The van der Waals surface area contributed by atoms with E-state index in [1.165, 1.54) is 186 Å². The molecule has 0 aromatic carbocycles.